The molecule has 0 rings (SSSR count). The third-order valence-electron chi connectivity index (χ3n) is 0.487. The Hall–Kier alpha value is -1.17. The minimum Gasteiger partial charge on any atom is -0.453 e. The van der Waals surface area contributed by atoms with Gasteiger partial charge in [-0.2, -0.15) is 5.90 Å². The molecule has 0 saturated carbocycles. The first-order chi connectivity index (χ1) is 3.72. The second kappa shape index (κ2) is 2.92. The highest BCUT2D eigenvalue weighted by Gasteiger charge is 1.94. The van der Waals surface area contributed by atoms with Gasteiger partial charge in [-0.05, 0) is 0 Å². The summed E-state index contributed by atoms with van der Waals surface area (Å²) in [5.41, 5.74) is 3.17. The van der Waals surface area contributed by atoms with E-state index in [2.05, 4.69) is 16.2 Å². The third-order valence-corrected chi connectivity index (χ3v) is 0.487. The van der Waals surface area contributed by atoms with Crippen molar-refractivity contribution in [2.45, 2.75) is 0 Å². The molecule has 8 heavy (non-hydrogen) atoms. The normalized spacial score (nSPS) is 12.2. The molecule has 0 aromatic heterocycles. The topological polar surface area (TPSA) is 96.4 Å². The maximum atomic E-state index is 8.34. The molecule has 0 atom stereocenters. The smallest absolute Gasteiger partial charge is 0.453 e. The average Bonchev–Trinajstić information content (AvgIpc) is 1.84. The van der Waals surface area contributed by atoms with Crippen LogP contribution in [0.1, 0.15) is 0 Å². The molecule has 0 unspecified atom stereocenters. The fourth-order valence-corrected chi connectivity index (χ4v) is 0.135. The van der Waals surface area contributed by atoms with Crippen molar-refractivity contribution >= 4 is 6.08 Å². The van der Waals surface area contributed by atoms with Crippen molar-refractivity contribution in [3.05, 3.63) is 11.3 Å². The largest absolute Gasteiger partial charge is 0.556 e. The SMILES string of the molecule is C[N-][N+]([NH-])=C(O)ON. The number of hydrogen-bond acceptors (Lipinski definition) is 2. The van der Waals surface area contributed by atoms with Crippen LogP contribution in [0.25, 0.3) is 11.3 Å². The second-order valence-corrected chi connectivity index (χ2v) is 0.912. The standard InChI is InChI=1S/C2H7N4O2/c1-5-6(3)2(7)8-4/h4H2,1H3,(H2-,3,5,7)/q-1. The van der Waals surface area contributed by atoms with Crippen LogP contribution in [0.3, 0.4) is 0 Å². The zero-order valence-electron chi connectivity index (χ0n) is 4.33. The number of nitrogens with one attached hydrogen (secondary N) is 1. The van der Waals surface area contributed by atoms with Crippen molar-refractivity contribution in [2.24, 2.45) is 5.90 Å². The van der Waals surface area contributed by atoms with Gasteiger partial charge < -0.3 is 21.2 Å². The van der Waals surface area contributed by atoms with Crippen molar-refractivity contribution in [1.82, 2.24) is 0 Å². The Balaban J connectivity index is 3.83. The molecule has 0 radical (unpaired) electrons. The van der Waals surface area contributed by atoms with Crippen LogP contribution in [-0.4, -0.2) is 23.0 Å². The van der Waals surface area contributed by atoms with E-state index in [9.17, 15) is 0 Å². The summed E-state index contributed by atoms with van der Waals surface area (Å²) in [6.45, 7) is 0. The number of rotatable bonds is 1. The van der Waals surface area contributed by atoms with E-state index in [1.165, 1.54) is 7.05 Å². The van der Waals surface area contributed by atoms with Gasteiger partial charge in [-0.3, -0.25) is 0 Å². The lowest BCUT2D eigenvalue weighted by molar-refractivity contribution is -0.425. The van der Waals surface area contributed by atoms with Crippen LogP contribution < -0.4 is 5.90 Å². The molecule has 48 valence electrons. The van der Waals surface area contributed by atoms with E-state index in [4.69, 9.17) is 10.9 Å². The molecule has 0 spiro atoms. The average molecular weight is 119 g/mol. The Labute approximate surface area is 46.2 Å². The van der Waals surface area contributed by atoms with Crippen molar-refractivity contribution in [2.75, 3.05) is 7.05 Å². The van der Waals surface area contributed by atoms with Gasteiger partial charge in [0, 0.05) is 0 Å². The summed E-state index contributed by atoms with van der Waals surface area (Å²) in [5, 5.41) is 8.34. The summed E-state index contributed by atoms with van der Waals surface area (Å²) in [7, 11) is 1.31. The number of nitrogens with zero attached hydrogens (tertiary/aromatic N) is 2. The molecule has 4 N–H and O–H groups in total. The van der Waals surface area contributed by atoms with Crippen molar-refractivity contribution < 1.29 is 14.7 Å². The van der Waals surface area contributed by atoms with Crippen molar-refractivity contribution in [3.63, 3.8) is 0 Å². The molecule has 0 bridgehead atoms. The fraction of sp³-hybridized carbons (Fsp3) is 0.500. The van der Waals surface area contributed by atoms with Crippen LogP contribution >= 0.6 is 0 Å². The zero-order chi connectivity index (χ0) is 6.57. The zero-order valence-corrected chi connectivity index (χ0v) is 4.33. The number of aliphatic hydroxyl groups excluding tert-OH is 1. The Morgan fingerprint density at radius 3 is 2.62 bits per heavy atom. The molecule has 0 saturated heterocycles. The van der Waals surface area contributed by atoms with Crippen LogP contribution in [0.4, 0.5) is 0 Å². The highest BCUT2D eigenvalue weighted by Crippen LogP contribution is 1.82. The van der Waals surface area contributed by atoms with Crippen LogP contribution in [0.2, 0.25) is 0 Å². The van der Waals surface area contributed by atoms with Crippen LogP contribution in [0.5, 0.6) is 0 Å². The summed E-state index contributed by atoms with van der Waals surface area (Å²) >= 11 is 0. The Morgan fingerprint density at radius 2 is 2.50 bits per heavy atom. The third kappa shape index (κ3) is 1.52. The van der Waals surface area contributed by atoms with Gasteiger partial charge in [0.15, 0.2) is 0 Å². The molecule has 0 fully saturated rings. The first-order valence-electron chi connectivity index (χ1n) is 1.76. The van der Waals surface area contributed by atoms with Gasteiger partial charge in [0.2, 0.25) is 0 Å². The van der Waals surface area contributed by atoms with Crippen molar-refractivity contribution in [3.8, 4) is 0 Å². The fourth-order valence-electron chi connectivity index (χ4n) is 0.135. The first-order valence-corrected chi connectivity index (χ1v) is 1.76. The summed E-state index contributed by atoms with van der Waals surface area (Å²) in [4.78, 5) is 4.07. The molecule has 0 aromatic carbocycles. The first kappa shape index (κ1) is 6.83. The molecule has 0 aromatic rings. The van der Waals surface area contributed by atoms with Gasteiger partial charge in [0.05, 0.1) is 0 Å². The minimum absolute atomic E-state index is 0.347. The molecule has 6 nitrogen and oxygen atoms in total. The van der Waals surface area contributed by atoms with Gasteiger partial charge in [-0.15, -0.1) is 0 Å². The Bertz CT molecular complexity index is 88.2. The van der Waals surface area contributed by atoms with Gasteiger partial charge in [-0.1, -0.05) is 7.05 Å². The maximum absolute atomic E-state index is 8.34. The summed E-state index contributed by atoms with van der Waals surface area (Å²) in [6, 6.07) is 0. The predicted octanol–water partition coefficient (Wildman–Crippen LogP) is -0.311. The van der Waals surface area contributed by atoms with Gasteiger partial charge in [0.1, 0.15) is 0 Å². The highest BCUT2D eigenvalue weighted by molar-refractivity contribution is 5.57. The Kier molecular flexibility index (Phi) is 2.49. The molecule has 0 aliphatic rings. The van der Waals surface area contributed by atoms with E-state index in [-0.39, 0.29) is 0 Å². The van der Waals surface area contributed by atoms with Crippen LogP contribution in [-0.2, 0) is 4.84 Å². The molecular weight excluding hydrogens is 112 g/mol. The van der Waals surface area contributed by atoms with E-state index in [1.807, 2.05) is 0 Å². The molecule has 0 aliphatic carbocycles. The maximum Gasteiger partial charge on any atom is 0.556 e. The number of hydrogen-bond donors (Lipinski definition) is 2. The van der Waals surface area contributed by atoms with E-state index in [0.717, 1.165) is 0 Å². The molecular formula is C2H7N4O2-. The lowest BCUT2D eigenvalue weighted by atomic mass is 11.3. The summed E-state index contributed by atoms with van der Waals surface area (Å²) in [6.07, 6.45) is -0.757. The molecule has 0 amide bonds. The van der Waals surface area contributed by atoms with E-state index < -0.39 is 6.08 Å². The lowest BCUT2D eigenvalue weighted by Crippen LogP contribution is -2.17. The molecule has 0 heterocycles. The van der Waals surface area contributed by atoms with Crippen LogP contribution in [0, 0.1) is 0 Å². The minimum atomic E-state index is -0.757. The van der Waals surface area contributed by atoms with E-state index in [1.54, 1.807) is 0 Å². The monoisotopic (exact) mass is 119 g/mol. The van der Waals surface area contributed by atoms with Gasteiger partial charge >= 0.3 is 6.08 Å². The van der Waals surface area contributed by atoms with Crippen molar-refractivity contribution in [1.29, 1.82) is 0 Å². The highest BCUT2D eigenvalue weighted by atomic mass is 16.7. The van der Waals surface area contributed by atoms with Crippen LogP contribution in [0.15, 0.2) is 0 Å². The quantitative estimate of drug-likeness (QED) is 0.214. The van der Waals surface area contributed by atoms with Gasteiger partial charge in [0.25, 0.3) is 0 Å². The summed E-state index contributed by atoms with van der Waals surface area (Å²) in [5.74, 6) is 11.0. The predicted molar refractivity (Wildman–Crippen MR) is 26.8 cm³/mol. The Morgan fingerprint density at radius 1 is 2.00 bits per heavy atom. The van der Waals surface area contributed by atoms with E-state index >= 15 is 0 Å². The summed E-state index contributed by atoms with van der Waals surface area (Å²) < 4.78 is 0. The number of aliphatic hydroxyl groups is 1. The molecule has 0 aliphatic heterocycles. The second-order valence-electron chi connectivity index (χ2n) is 0.912. The number of nitrogens with two attached hydrogens (primary N) is 1. The lowest BCUT2D eigenvalue weighted by Gasteiger charge is -2.10. The van der Waals surface area contributed by atoms with E-state index in [0.29, 0.717) is 4.79 Å². The van der Waals surface area contributed by atoms with Gasteiger partial charge in [-0.25, -0.2) is 4.79 Å². The molecule has 6 heteroatoms.